The van der Waals surface area contributed by atoms with Crippen molar-refractivity contribution >= 4 is 29.1 Å². The number of nitrogens with zero attached hydrogens (tertiary/aromatic N) is 1. The van der Waals surface area contributed by atoms with Gasteiger partial charge in [-0.3, -0.25) is 14.4 Å². The first kappa shape index (κ1) is 20.6. The molecule has 3 rings (SSSR count). The van der Waals surface area contributed by atoms with Gasteiger partial charge in [0, 0.05) is 24.3 Å². The van der Waals surface area contributed by atoms with Gasteiger partial charge < -0.3 is 15.5 Å². The summed E-state index contributed by atoms with van der Waals surface area (Å²) in [5.74, 6) is -1.08. The molecule has 0 aliphatic carbocycles. The molecule has 152 valence electrons. The normalized spacial score (nSPS) is 16.0. The first-order valence-corrected chi connectivity index (χ1v) is 10.1. The van der Waals surface area contributed by atoms with E-state index < -0.39 is 5.92 Å². The van der Waals surface area contributed by atoms with Crippen molar-refractivity contribution in [2.75, 3.05) is 23.3 Å². The summed E-state index contributed by atoms with van der Waals surface area (Å²) in [7, 11) is 0. The third kappa shape index (κ3) is 5.02. The van der Waals surface area contributed by atoms with E-state index in [0.717, 1.165) is 35.3 Å². The van der Waals surface area contributed by atoms with E-state index >= 15 is 0 Å². The highest BCUT2D eigenvalue weighted by Crippen LogP contribution is 2.26. The van der Waals surface area contributed by atoms with Gasteiger partial charge in [0.15, 0.2) is 0 Å². The number of rotatable bonds is 7. The Kier molecular flexibility index (Phi) is 6.65. The molecular formula is C23H27N3O3. The van der Waals surface area contributed by atoms with E-state index in [1.807, 2.05) is 55.5 Å². The summed E-state index contributed by atoms with van der Waals surface area (Å²) in [6.07, 6.45) is 1.85. The van der Waals surface area contributed by atoms with Gasteiger partial charge in [0.25, 0.3) is 0 Å². The number of carbonyl (C=O) groups is 3. The summed E-state index contributed by atoms with van der Waals surface area (Å²) < 4.78 is 0. The highest BCUT2D eigenvalue weighted by molar-refractivity contribution is 6.01. The average molecular weight is 393 g/mol. The number of carbonyl (C=O) groups excluding carboxylic acids is 3. The summed E-state index contributed by atoms with van der Waals surface area (Å²) in [6.45, 7) is 4.29. The van der Waals surface area contributed by atoms with Crippen LogP contribution in [0.25, 0.3) is 0 Å². The van der Waals surface area contributed by atoms with Crippen molar-refractivity contribution in [2.24, 2.45) is 5.92 Å². The lowest BCUT2D eigenvalue weighted by Gasteiger charge is -2.17. The fraction of sp³-hybridized carbons (Fsp3) is 0.348. The van der Waals surface area contributed by atoms with Gasteiger partial charge in [-0.25, -0.2) is 0 Å². The number of amides is 3. The maximum absolute atomic E-state index is 12.5. The van der Waals surface area contributed by atoms with Crippen LogP contribution in [0.3, 0.4) is 0 Å². The van der Waals surface area contributed by atoms with Crippen LogP contribution in [0.15, 0.2) is 48.5 Å². The van der Waals surface area contributed by atoms with Crippen molar-refractivity contribution in [3.05, 3.63) is 59.7 Å². The van der Waals surface area contributed by atoms with Crippen molar-refractivity contribution in [3.63, 3.8) is 0 Å². The third-order valence-electron chi connectivity index (χ3n) is 5.22. The second-order valence-electron chi connectivity index (χ2n) is 7.21. The van der Waals surface area contributed by atoms with Crippen LogP contribution in [0.4, 0.5) is 11.4 Å². The van der Waals surface area contributed by atoms with Crippen LogP contribution in [0.5, 0.6) is 0 Å². The Hall–Kier alpha value is -3.15. The van der Waals surface area contributed by atoms with Crippen molar-refractivity contribution in [1.82, 2.24) is 5.32 Å². The van der Waals surface area contributed by atoms with E-state index in [1.54, 1.807) is 4.90 Å². The average Bonchev–Trinajstić information content (AvgIpc) is 3.14. The van der Waals surface area contributed by atoms with Gasteiger partial charge in [-0.1, -0.05) is 44.2 Å². The Bertz CT molecular complexity index is 910. The molecule has 29 heavy (non-hydrogen) atoms. The van der Waals surface area contributed by atoms with E-state index in [0.29, 0.717) is 6.54 Å². The van der Waals surface area contributed by atoms with E-state index in [4.69, 9.17) is 0 Å². The summed E-state index contributed by atoms with van der Waals surface area (Å²) in [6, 6.07) is 15.4. The lowest BCUT2D eigenvalue weighted by atomic mass is 10.1. The maximum atomic E-state index is 12.5. The molecule has 1 fully saturated rings. The Labute approximate surface area is 171 Å². The van der Waals surface area contributed by atoms with E-state index in [1.165, 1.54) is 0 Å². The SMILES string of the molecule is CCc1cccc(N2C[C@H](C(=O)NCC(=O)Nc3ccccc3CC)CC2=O)c1. The molecule has 2 N–H and O–H groups in total. The molecule has 2 aromatic rings. The van der Waals surface area contributed by atoms with Crippen molar-refractivity contribution in [3.8, 4) is 0 Å². The molecular weight excluding hydrogens is 366 g/mol. The molecule has 6 nitrogen and oxygen atoms in total. The number of aryl methyl sites for hydroxylation is 2. The largest absolute Gasteiger partial charge is 0.347 e. The van der Waals surface area contributed by atoms with Crippen LogP contribution in [0.2, 0.25) is 0 Å². The molecule has 3 amide bonds. The quantitative estimate of drug-likeness (QED) is 0.759. The Morgan fingerprint density at radius 3 is 2.62 bits per heavy atom. The van der Waals surface area contributed by atoms with Crippen molar-refractivity contribution in [2.45, 2.75) is 33.1 Å². The number of para-hydroxylation sites is 1. The minimum absolute atomic E-state index is 0.0697. The Balaban J connectivity index is 1.54. The molecule has 1 aliphatic heterocycles. The topological polar surface area (TPSA) is 78.5 Å². The van der Waals surface area contributed by atoms with Crippen LogP contribution in [-0.4, -0.2) is 30.8 Å². The zero-order valence-electron chi connectivity index (χ0n) is 16.9. The molecule has 0 bridgehead atoms. The van der Waals surface area contributed by atoms with Gasteiger partial charge in [0.1, 0.15) is 0 Å². The molecule has 0 aromatic heterocycles. The number of nitrogens with one attached hydrogen (secondary N) is 2. The fourth-order valence-electron chi connectivity index (χ4n) is 3.53. The van der Waals surface area contributed by atoms with Gasteiger partial charge in [-0.15, -0.1) is 0 Å². The van der Waals surface area contributed by atoms with Gasteiger partial charge in [-0.05, 0) is 42.2 Å². The molecule has 1 atom stereocenters. The second kappa shape index (κ2) is 9.37. The number of hydrogen-bond donors (Lipinski definition) is 2. The zero-order chi connectivity index (χ0) is 20.8. The highest BCUT2D eigenvalue weighted by atomic mass is 16.2. The molecule has 0 spiro atoms. The van der Waals surface area contributed by atoms with Crippen LogP contribution < -0.4 is 15.5 Å². The van der Waals surface area contributed by atoms with Crippen LogP contribution >= 0.6 is 0 Å². The number of hydrogen-bond acceptors (Lipinski definition) is 3. The molecule has 0 radical (unpaired) electrons. The molecule has 1 heterocycles. The third-order valence-corrected chi connectivity index (χ3v) is 5.22. The van der Waals surface area contributed by atoms with E-state index in [9.17, 15) is 14.4 Å². The van der Waals surface area contributed by atoms with Crippen molar-refractivity contribution in [1.29, 1.82) is 0 Å². The lowest BCUT2D eigenvalue weighted by Crippen LogP contribution is -2.38. The Morgan fingerprint density at radius 2 is 1.86 bits per heavy atom. The minimum Gasteiger partial charge on any atom is -0.347 e. The zero-order valence-corrected chi connectivity index (χ0v) is 16.9. The summed E-state index contributed by atoms with van der Waals surface area (Å²) >= 11 is 0. The first-order valence-electron chi connectivity index (χ1n) is 10.1. The van der Waals surface area contributed by atoms with Gasteiger partial charge in [0.05, 0.1) is 12.5 Å². The molecule has 6 heteroatoms. The monoisotopic (exact) mass is 393 g/mol. The van der Waals surface area contributed by atoms with E-state index in [2.05, 4.69) is 17.6 Å². The van der Waals surface area contributed by atoms with Crippen molar-refractivity contribution < 1.29 is 14.4 Å². The molecule has 0 unspecified atom stereocenters. The summed E-state index contributed by atoms with van der Waals surface area (Å²) in [5, 5.41) is 5.50. The fourth-order valence-corrected chi connectivity index (χ4v) is 3.53. The second-order valence-corrected chi connectivity index (χ2v) is 7.21. The lowest BCUT2D eigenvalue weighted by molar-refractivity contribution is -0.127. The molecule has 0 saturated carbocycles. The van der Waals surface area contributed by atoms with E-state index in [-0.39, 0.29) is 30.7 Å². The minimum atomic E-state index is -0.455. The highest BCUT2D eigenvalue weighted by Gasteiger charge is 2.35. The number of anilines is 2. The molecule has 2 aromatic carbocycles. The van der Waals surface area contributed by atoms with Gasteiger partial charge >= 0.3 is 0 Å². The molecule has 1 saturated heterocycles. The smallest absolute Gasteiger partial charge is 0.243 e. The summed E-state index contributed by atoms with van der Waals surface area (Å²) in [4.78, 5) is 38.8. The van der Waals surface area contributed by atoms with Crippen LogP contribution in [-0.2, 0) is 27.2 Å². The van der Waals surface area contributed by atoms with Gasteiger partial charge in [0.2, 0.25) is 17.7 Å². The predicted octanol–water partition coefficient (Wildman–Crippen LogP) is 2.92. The molecule has 1 aliphatic rings. The van der Waals surface area contributed by atoms with Gasteiger partial charge in [-0.2, -0.15) is 0 Å². The van der Waals surface area contributed by atoms with Crippen LogP contribution in [0, 0.1) is 5.92 Å². The van der Waals surface area contributed by atoms with Crippen LogP contribution in [0.1, 0.15) is 31.4 Å². The first-order chi connectivity index (χ1) is 14.0. The summed E-state index contributed by atoms with van der Waals surface area (Å²) in [5.41, 5.74) is 3.76. The Morgan fingerprint density at radius 1 is 1.07 bits per heavy atom. The predicted molar refractivity (Wildman–Crippen MR) is 114 cm³/mol. The number of benzene rings is 2. The maximum Gasteiger partial charge on any atom is 0.243 e. The standard InChI is InChI=1S/C23H27N3O3/c1-3-16-8-7-10-19(12-16)26-15-18(13-22(26)28)23(29)24-14-21(27)25-20-11-6-5-9-17(20)4-2/h5-12,18H,3-4,13-15H2,1-2H3,(H,24,29)(H,25,27)/t18-/m1/s1.